The molecule has 1 fully saturated rings. The smallest absolute Gasteiger partial charge is 0.330 e. The fourth-order valence-electron chi connectivity index (χ4n) is 3.44. The van der Waals surface area contributed by atoms with E-state index in [0.29, 0.717) is 60.2 Å². The lowest BCUT2D eigenvalue weighted by Crippen LogP contribution is -2.73. The largest absolute Gasteiger partial charge is 0.378 e. The van der Waals surface area contributed by atoms with Gasteiger partial charge in [-0.05, 0) is 18.2 Å². The van der Waals surface area contributed by atoms with Gasteiger partial charge in [0.1, 0.15) is 23.3 Å². The van der Waals surface area contributed by atoms with Gasteiger partial charge >= 0.3 is 5.95 Å². The highest BCUT2D eigenvalue weighted by atomic mass is 19.1. The van der Waals surface area contributed by atoms with Gasteiger partial charge in [-0.1, -0.05) is 18.2 Å². The first kappa shape index (κ1) is 21.2. The molecule has 4 rings (SSSR count). The third-order valence-electron chi connectivity index (χ3n) is 5.12. The standard InChI is InChI=1S/C23H19FN6O2/c24-19-4-2-1-3-17(19)16-13-27-23(28-14-16)29-21-11-15(5-6-18(21)20(26)12-25)22(31)30-7-9-32-10-8-30/h1-6,11,13-14,26H,7-10H2,(H,27,28,29)/p+1. The van der Waals surface area contributed by atoms with Crippen molar-refractivity contribution in [2.45, 2.75) is 0 Å². The van der Waals surface area contributed by atoms with Gasteiger partial charge in [0.15, 0.2) is 0 Å². The van der Waals surface area contributed by atoms with Gasteiger partial charge in [-0.3, -0.25) is 10.2 Å². The second-order valence-corrected chi connectivity index (χ2v) is 7.15. The summed E-state index contributed by atoms with van der Waals surface area (Å²) >= 11 is 0. The summed E-state index contributed by atoms with van der Waals surface area (Å²) in [5, 5.41) is 18.8. The van der Waals surface area contributed by atoms with E-state index in [4.69, 9.17) is 10.1 Å². The normalized spacial score (nSPS) is 13.4. The van der Waals surface area contributed by atoms with Crippen LogP contribution in [0.15, 0.2) is 54.9 Å². The van der Waals surface area contributed by atoms with Crippen LogP contribution in [0, 0.1) is 22.6 Å². The average Bonchev–Trinajstić information content (AvgIpc) is 2.84. The van der Waals surface area contributed by atoms with Crippen LogP contribution in [0.5, 0.6) is 0 Å². The molecule has 160 valence electrons. The van der Waals surface area contributed by atoms with Crippen molar-refractivity contribution in [3.63, 3.8) is 0 Å². The average molecular weight is 431 g/mol. The second kappa shape index (κ2) is 9.43. The summed E-state index contributed by atoms with van der Waals surface area (Å²) in [6.45, 7) is 2.00. The van der Waals surface area contributed by atoms with Crippen LogP contribution in [0.3, 0.4) is 0 Å². The molecule has 1 aliphatic rings. The highest BCUT2D eigenvalue weighted by Gasteiger charge is 2.22. The summed E-state index contributed by atoms with van der Waals surface area (Å²) in [4.78, 5) is 23.1. The molecular weight excluding hydrogens is 411 g/mol. The third-order valence-corrected chi connectivity index (χ3v) is 5.12. The number of hydrogen-bond donors (Lipinski definition) is 2. The van der Waals surface area contributed by atoms with Gasteiger partial charge in [0.05, 0.1) is 18.8 Å². The Kier molecular flexibility index (Phi) is 6.26. The molecule has 0 saturated carbocycles. The molecule has 32 heavy (non-hydrogen) atoms. The molecule has 0 unspecified atom stereocenters. The number of rotatable bonds is 5. The van der Waals surface area contributed by atoms with Crippen molar-refractivity contribution in [2.75, 3.05) is 26.3 Å². The highest BCUT2D eigenvalue weighted by molar-refractivity contribution is 6.12. The Bertz CT molecular complexity index is 1200. The zero-order valence-corrected chi connectivity index (χ0v) is 17.1. The predicted molar refractivity (Wildman–Crippen MR) is 114 cm³/mol. The van der Waals surface area contributed by atoms with Crippen molar-refractivity contribution in [3.05, 3.63) is 71.8 Å². The molecule has 0 aliphatic carbocycles. The zero-order chi connectivity index (χ0) is 22.5. The third kappa shape index (κ3) is 4.51. The molecule has 0 bridgehead atoms. The Hall–Kier alpha value is -4.00. The van der Waals surface area contributed by atoms with Gasteiger partial charge in [0, 0.05) is 48.2 Å². The quantitative estimate of drug-likeness (QED) is 0.474. The van der Waals surface area contributed by atoms with E-state index in [1.165, 1.54) is 18.5 Å². The van der Waals surface area contributed by atoms with Gasteiger partial charge in [-0.2, -0.15) is 15.2 Å². The summed E-state index contributed by atoms with van der Waals surface area (Å²) in [6.07, 6.45) is 3.02. The molecular formula is C23H20FN6O2+. The highest BCUT2D eigenvalue weighted by Crippen LogP contribution is 2.21. The van der Waals surface area contributed by atoms with E-state index in [0.717, 1.165) is 0 Å². The predicted octanol–water partition coefficient (Wildman–Crippen LogP) is 2.17. The minimum absolute atomic E-state index is 0.145. The summed E-state index contributed by atoms with van der Waals surface area (Å²) in [5.41, 5.74) is 1.98. The van der Waals surface area contributed by atoms with Crippen molar-refractivity contribution in [2.24, 2.45) is 0 Å². The van der Waals surface area contributed by atoms with Crippen molar-refractivity contribution >= 4 is 23.3 Å². The van der Waals surface area contributed by atoms with Crippen molar-refractivity contribution in [1.82, 2.24) is 14.9 Å². The number of aromatic nitrogens is 2. The van der Waals surface area contributed by atoms with E-state index in [2.05, 4.69) is 9.97 Å². The summed E-state index contributed by atoms with van der Waals surface area (Å²) < 4.78 is 19.3. The number of carbonyl (C=O) groups is 1. The van der Waals surface area contributed by atoms with Crippen LogP contribution in [-0.2, 0) is 4.74 Å². The Morgan fingerprint density at radius 1 is 1.16 bits per heavy atom. The van der Waals surface area contributed by atoms with Crippen molar-refractivity contribution < 1.29 is 19.2 Å². The van der Waals surface area contributed by atoms with Crippen LogP contribution < -0.4 is 5.32 Å². The number of morpholine rings is 1. The number of nitrogens with one attached hydrogen (secondary N) is 1. The first-order valence-electron chi connectivity index (χ1n) is 9.98. The monoisotopic (exact) mass is 431 g/mol. The number of halogens is 1. The summed E-state index contributed by atoms with van der Waals surface area (Å²) in [5.74, 6) is -0.200. The SMILES string of the molecule is N#CC(=N)c1ccc(C(=O)N2CCOCC2)cc1[NH2+]c1ncc(-c2ccccc2F)cn1. The van der Waals surface area contributed by atoms with Crippen LogP contribution in [0.2, 0.25) is 0 Å². The lowest BCUT2D eigenvalue weighted by Gasteiger charge is -2.27. The van der Waals surface area contributed by atoms with Crippen LogP contribution >= 0.6 is 0 Å². The van der Waals surface area contributed by atoms with Crippen LogP contribution in [0.25, 0.3) is 11.1 Å². The van der Waals surface area contributed by atoms with E-state index < -0.39 is 0 Å². The minimum atomic E-state index is -0.369. The molecule has 1 saturated heterocycles. The van der Waals surface area contributed by atoms with Crippen LogP contribution in [-0.4, -0.2) is 52.8 Å². The lowest BCUT2D eigenvalue weighted by atomic mass is 10.0. The van der Waals surface area contributed by atoms with Gasteiger partial charge < -0.3 is 9.64 Å². The Morgan fingerprint density at radius 2 is 1.88 bits per heavy atom. The molecule has 2 aromatic carbocycles. The fourth-order valence-corrected chi connectivity index (χ4v) is 3.44. The molecule has 2 heterocycles. The van der Waals surface area contributed by atoms with E-state index >= 15 is 0 Å². The number of amides is 1. The number of carbonyl (C=O) groups excluding carboxylic acids is 1. The molecule has 0 spiro atoms. The maximum absolute atomic E-state index is 14.0. The van der Waals surface area contributed by atoms with E-state index in [-0.39, 0.29) is 17.4 Å². The van der Waals surface area contributed by atoms with Gasteiger partial charge in [0.2, 0.25) is 0 Å². The molecule has 1 amide bonds. The first-order valence-corrected chi connectivity index (χ1v) is 9.98. The first-order chi connectivity index (χ1) is 15.6. The molecule has 1 aliphatic heterocycles. The summed E-state index contributed by atoms with van der Waals surface area (Å²) in [7, 11) is 0. The minimum Gasteiger partial charge on any atom is -0.378 e. The van der Waals surface area contributed by atoms with Gasteiger partial charge in [-0.15, -0.1) is 0 Å². The maximum Gasteiger partial charge on any atom is 0.330 e. The van der Waals surface area contributed by atoms with Crippen LogP contribution in [0.4, 0.5) is 16.0 Å². The molecule has 8 nitrogen and oxygen atoms in total. The molecule has 1 aromatic heterocycles. The number of quaternary nitrogens is 1. The number of nitrogens with zero attached hydrogens (tertiary/aromatic N) is 4. The number of nitrogens with two attached hydrogens (primary N) is 1. The Balaban J connectivity index is 1.62. The summed E-state index contributed by atoms with van der Waals surface area (Å²) in [6, 6.07) is 13.0. The van der Waals surface area contributed by atoms with Gasteiger partial charge in [0.25, 0.3) is 5.91 Å². The van der Waals surface area contributed by atoms with Crippen molar-refractivity contribution in [1.29, 1.82) is 10.7 Å². The molecule has 3 aromatic rings. The molecule has 0 radical (unpaired) electrons. The van der Waals surface area contributed by atoms with Gasteiger partial charge in [-0.25, -0.2) is 9.71 Å². The van der Waals surface area contributed by atoms with Crippen molar-refractivity contribution in [3.8, 4) is 17.2 Å². The van der Waals surface area contributed by atoms with E-state index in [1.54, 1.807) is 46.6 Å². The number of benzene rings is 2. The Morgan fingerprint density at radius 3 is 2.56 bits per heavy atom. The van der Waals surface area contributed by atoms with Crippen LogP contribution in [0.1, 0.15) is 15.9 Å². The second-order valence-electron chi connectivity index (χ2n) is 7.15. The lowest BCUT2D eigenvalue weighted by molar-refractivity contribution is -0.487. The molecule has 0 atom stereocenters. The Labute approximate surface area is 183 Å². The van der Waals surface area contributed by atoms with E-state index in [9.17, 15) is 14.4 Å². The molecule has 9 heteroatoms. The maximum atomic E-state index is 14.0. The van der Waals surface area contributed by atoms with E-state index in [1.807, 2.05) is 6.07 Å². The number of nitriles is 1. The number of hydrogen-bond acceptors (Lipinski definition) is 6. The number of ether oxygens (including phenoxy) is 1. The zero-order valence-electron chi connectivity index (χ0n) is 17.1. The topological polar surface area (TPSA) is 120 Å². The fraction of sp³-hybridized carbons (Fsp3) is 0.174. The molecule has 3 N–H and O–H groups in total.